The van der Waals surface area contributed by atoms with E-state index in [1.165, 1.54) is 0 Å². The molecule has 0 saturated carbocycles. The second-order valence-corrected chi connectivity index (χ2v) is 11.3. The molecule has 5 aromatic rings. The van der Waals surface area contributed by atoms with E-state index in [2.05, 4.69) is 25.5 Å². The Morgan fingerprint density at radius 1 is 1.11 bits per heavy atom. The highest BCUT2D eigenvalue weighted by molar-refractivity contribution is 5.89. The highest BCUT2D eigenvalue weighted by Crippen LogP contribution is 2.38. The topological polar surface area (TPSA) is 141 Å². The van der Waals surface area contributed by atoms with E-state index in [0.717, 1.165) is 23.2 Å². The minimum absolute atomic E-state index is 0.0351. The number of H-pyrrole nitrogens is 1. The number of nitrogen functional groups attached to an aromatic ring is 1. The number of aromatic amines is 1. The minimum Gasteiger partial charge on any atom is -0.488 e. The number of halogens is 3. The van der Waals surface area contributed by atoms with E-state index in [9.17, 15) is 18.0 Å². The molecule has 0 aliphatic rings. The number of amides is 1. The van der Waals surface area contributed by atoms with Crippen molar-refractivity contribution in [2.24, 2.45) is 0 Å². The molecular weight excluding hydrogens is 577 g/mol. The maximum absolute atomic E-state index is 14.6. The highest BCUT2D eigenvalue weighted by Gasteiger charge is 2.24. The van der Waals surface area contributed by atoms with Crippen LogP contribution >= 0.6 is 0 Å². The zero-order chi connectivity index (χ0) is 31.8. The summed E-state index contributed by atoms with van der Waals surface area (Å²) in [7, 11) is 0. The number of hydrogen-bond donors (Lipinski definition) is 3. The lowest BCUT2D eigenvalue weighted by molar-refractivity contribution is 0.0487. The zero-order valence-electron chi connectivity index (χ0n) is 24.7. The van der Waals surface area contributed by atoms with E-state index in [0.29, 0.717) is 33.8 Å². The second kappa shape index (κ2) is 11.9. The molecule has 5 rings (SSSR count). The third kappa shape index (κ3) is 6.46. The van der Waals surface area contributed by atoms with Gasteiger partial charge in [0.15, 0.2) is 34.7 Å². The van der Waals surface area contributed by atoms with Crippen LogP contribution in [0.1, 0.15) is 37.8 Å². The number of carbonyl (C=O) groups is 1. The molecule has 0 bridgehead atoms. The summed E-state index contributed by atoms with van der Waals surface area (Å²) in [4.78, 5) is 21.7. The van der Waals surface area contributed by atoms with Crippen LogP contribution in [0.5, 0.6) is 5.75 Å². The van der Waals surface area contributed by atoms with Crippen LogP contribution in [0.25, 0.3) is 33.4 Å². The van der Waals surface area contributed by atoms with Gasteiger partial charge in [-0.2, -0.15) is 5.10 Å². The van der Waals surface area contributed by atoms with E-state index < -0.39 is 35.2 Å². The van der Waals surface area contributed by atoms with Gasteiger partial charge in [0.1, 0.15) is 18.0 Å². The molecule has 1 aromatic carbocycles. The van der Waals surface area contributed by atoms with Gasteiger partial charge in [-0.25, -0.2) is 27.9 Å². The highest BCUT2D eigenvalue weighted by atomic mass is 19.2. The number of carbonyl (C=O) groups excluding carboxylic acids is 1. The normalized spacial score (nSPS) is 12.4. The lowest BCUT2D eigenvalue weighted by Crippen LogP contribution is -2.43. The van der Waals surface area contributed by atoms with E-state index in [-0.39, 0.29) is 30.2 Å². The monoisotopic (exact) mass is 608 g/mol. The van der Waals surface area contributed by atoms with Crippen LogP contribution in [0, 0.1) is 31.3 Å². The zero-order valence-corrected chi connectivity index (χ0v) is 24.7. The van der Waals surface area contributed by atoms with Gasteiger partial charge in [-0.3, -0.25) is 5.10 Å². The summed E-state index contributed by atoms with van der Waals surface area (Å²) in [6.07, 6.45) is 2.16. The van der Waals surface area contributed by atoms with Crippen LogP contribution in [0.3, 0.4) is 0 Å². The molecule has 13 heteroatoms. The van der Waals surface area contributed by atoms with Gasteiger partial charge in [-0.15, -0.1) is 0 Å². The number of fused-ring (bicyclic) bond motifs is 1. The second-order valence-electron chi connectivity index (χ2n) is 11.3. The Hall–Kier alpha value is -5.07. The van der Waals surface area contributed by atoms with Crippen LogP contribution in [0.15, 0.2) is 47.2 Å². The van der Waals surface area contributed by atoms with Crippen molar-refractivity contribution in [2.75, 3.05) is 12.3 Å². The summed E-state index contributed by atoms with van der Waals surface area (Å²) in [6, 6.07) is 6.36. The van der Waals surface area contributed by atoms with Gasteiger partial charge in [0.25, 0.3) is 0 Å². The first-order valence-electron chi connectivity index (χ1n) is 13.7. The maximum Gasteiger partial charge on any atom is 0.408 e. The predicted molar refractivity (Wildman–Crippen MR) is 157 cm³/mol. The predicted octanol–water partition coefficient (Wildman–Crippen LogP) is 6.41. The molecule has 0 radical (unpaired) electrons. The lowest BCUT2D eigenvalue weighted by atomic mass is 9.99. The Morgan fingerprint density at radius 2 is 1.89 bits per heavy atom. The molecule has 0 spiro atoms. The molecule has 0 saturated heterocycles. The Kier molecular flexibility index (Phi) is 8.22. The third-order valence-corrected chi connectivity index (χ3v) is 6.79. The van der Waals surface area contributed by atoms with Gasteiger partial charge in [0.2, 0.25) is 0 Å². The average molecular weight is 609 g/mol. The lowest BCUT2D eigenvalue weighted by Gasteiger charge is -2.24. The molecule has 1 atom stereocenters. The van der Waals surface area contributed by atoms with Crippen LogP contribution in [-0.2, 0) is 11.2 Å². The number of nitrogens with two attached hydrogens (primary N) is 1. The Balaban J connectivity index is 1.50. The number of alkyl carbamates (subject to hydrolysis) is 1. The molecule has 0 aliphatic heterocycles. The molecule has 4 N–H and O–H groups in total. The first-order chi connectivity index (χ1) is 20.8. The molecule has 10 nitrogen and oxygen atoms in total. The number of aryl methyl sites for hydroxylation is 2. The number of nitrogens with one attached hydrogen (secondary N) is 2. The number of ether oxygens (including phenoxy) is 2. The van der Waals surface area contributed by atoms with Gasteiger partial charge in [0, 0.05) is 28.3 Å². The average Bonchev–Trinajstić information content (AvgIpc) is 3.55. The van der Waals surface area contributed by atoms with Crippen LogP contribution in [0.2, 0.25) is 0 Å². The molecule has 0 fully saturated rings. The summed E-state index contributed by atoms with van der Waals surface area (Å²) in [5.74, 6) is -3.47. The molecule has 4 heterocycles. The van der Waals surface area contributed by atoms with Gasteiger partial charge in [0.05, 0.1) is 23.7 Å². The number of rotatable bonds is 8. The van der Waals surface area contributed by atoms with Crippen molar-refractivity contribution in [1.29, 1.82) is 0 Å². The largest absolute Gasteiger partial charge is 0.488 e. The summed E-state index contributed by atoms with van der Waals surface area (Å²) in [6.45, 7) is 8.46. The SMILES string of the molecule is Cc1occc1-c1nc(N)c(OC[C@H](Cc2ccc(F)c(F)c2F)NC(=O)OC(C)(C)C)cc1-c1cnc2[nH]nc(C)c2c1. The first kappa shape index (κ1) is 30.4. The summed E-state index contributed by atoms with van der Waals surface area (Å²) >= 11 is 0. The Morgan fingerprint density at radius 3 is 2.59 bits per heavy atom. The van der Waals surface area contributed by atoms with Gasteiger partial charge in [-0.05, 0) is 70.9 Å². The van der Waals surface area contributed by atoms with Gasteiger partial charge in [-0.1, -0.05) is 6.07 Å². The van der Waals surface area contributed by atoms with E-state index >= 15 is 0 Å². The van der Waals surface area contributed by atoms with Crippen molar-refractivity contribution < 1.29 is 31.9 Å². The van der Waals surface area contributed by atoms with Gasteiger partial charge >= 0.3 is 6.09 Å². The molecule has 44 heavy (non-hydrogen) atoms. The maximum atomic E-state index is 14.6. The van der Waals surface area contributed by atoms with Crippen molar-refractivity contribution in [2.45, 2.75) is 52.7 Å². The fraction of sp³-hybridized carbons (Fsp3) is 0.290. The first-order valence-corrected chi connectivity index (χ1v) is 13.7. The van der Waals surface area contributed by atoms with E-state index in [1.807, 2.05) is 13.0 Å². The van der Waals surface area contributed by atoms with Crippen molar-refractivity contribution >= 4 is 22.9 Å². The Labute approximate surface area is 250 Å². The van der Waals surface area contributed by atoms with Crippen molar-refractivity contribution in [1.82, 2.24) is 25.5 Å². The summed E-state index contributed by atoms with van der Waals surface area (Å²) in [5, 5.41) is 10.5. The number of anilines is 1. The van der Waals surface area contributed by atoms with Crippen molar-refractivity contribution in [3.8, 4) is 28.1 Å². The molecule has 1 amide bonds. The summed E-state index contributed by atoms with van der Waals surface area (Å²) in [5.41, 5.74) is 9.29. The van der Waals surface area contributed by atoms with Gasteiger partial charge < -0.3 is 24.9 Å². The molecule has 230 valence electrons. The fourth-order valence-electron chi connectivity index (χ4n) is 4.66. The number of nitrogens with zero attached hydrogens (tertiary/aromatic N) is 3. The van der Waals surface area contributed by atoms with Crippen LogP contribution in [-0.4, -0.2) is 44.5 Å². The molecule has 4 aromatic heterocycles. The standard InChI is InChI=1S/C31H31F3N6O4/c1-15-21-11-18(13-36-29(21)40-39-15)22-12-24(28(35)38-27(22)20-8-9-42-16(20)2)43-14-19(37-30(41)44-31(3,4)5)10-17-6-7-23(32)26(34)25(17)33/h6-9,11-13,19H,10,14H2,1-5H3,(H2,35,38)(H,37,41)(H,36,39,40)/t19-/m0/s1. The van der Waals surface area contributed by atoms with E-state index in [1.54, 1.807) is 52.3 Å². The smallest absolute Gasteiger partial charge is 0.408 e. The minimum atomic E-state index is -1.61. The number of aromatic nitrogens is 4. The number of furan rings is 1. The van der Waals surface area contributed by atoms with Crippen LogP contribution in [0.4, 0.5) is 23.8 Å². The fourth-order valence-corrected chi connectivity index (χ4v) is 4.66. The number of pyridine rings is 2. The Bertz CT molecular complexity index is 1850. The molecular formula is C31H31F3N6O4. The number of benzene rings is 1. The molecule has 0 unspecified atom stereocenters. The van der Waals surface area contributed by atoms with Crippen molar-refractivity contribution in [3.63, 3.8) is 0 Å². The summed E-state index contributed by atoms with van der Waals surface area (Å²) < 4.78 is 59.0. The number of hydrogen-bond acceptors (Lipinski definition) is 8. The molecule has 0 aliphatic carbocycles. The van der Waals surface area contributed by atoms with Crippen molar-refractivity contribution in [3.05, 3.63) is 77.3 Å². The third-order valence-electron chi connectivity index (χ3n) is 6.79. The quantitative estimate of drug-likeness (QED) is 0.172. The van der Waals surface area contributed by atoms with E-state index in [4.69, 9.17) is 19.6 Å². The van der Waals surface area contributed by atoms with Crippen LogP contribution < -0.4 is 15.8 Å².